The number of aromatic nitrogens is 1. The molecular formula is C48H31N3. The Morgan fingerprint density at radius 1 is 0.412 bits per heavy atom. The Kier molecular flexibility index (Phi) is 6.02. The molecule has 0 amide bonds. The van der Waals surface area contributed by atoms with E-state index in [1.165, 1.54) is 75.7 Å². The zero-order valence-corrected chi connectivity index (χ0v) is 27.7. The lowest BCUT2D eigenvalue weighted by Crippen LogP contribution is -2.29. The predicted molar refractivity (Wildman–Crippen MR) is 217 cm³/mol. The Morgan fingerprint density at radius 3 is 1.71 bits per heavy atom. The Hall–Kier alpha value is -6.71. The monoisotopic (exact) mass is 649 g/mol. The van der Waals surface area contributed by atoms with E-state index in [0.717, 1.165) is 22.7 Å². The Balaban J connectivity index is 1.29. The third kappa shape index (κ3) is 4.15. The van der Waals surface area contributed by atoms with Gasteiger partial charge in [0, 0.05) is 38.4 Å². The summed E-state index contributed by atoms with van der Waals surface area (Å²) >= 11 is 0. The van der Waals surface area contributed by atoms with Crippen LogP contribution in [-0.2, 0) is 0 Å². The highest BCUT2D eigenvalue weighted by molar-refractivity contribution is 6.36. The van der Waals surface area contributed by atoms with E-state index in [4.69, 9.17) is 4.99 Å². The van der Waals surface area contributed by atoms with E-state index in [9.17, 15) is 0 Å². The third-order valence-electron chi connectivity index (χ3n) is 10.8. The maximum Gasteiger partial charge on any atom is 0.149 e. The number of hydrogen-bond donors (Lipinski definition) is 1. The number of hydrogen-bond acceptors (Lipinski definition) is 2. The molecule has 0 saturated carbocycles. The molecule has 0 aliphatic carbocycles. The standard InChI is InChI=1S/C48H31N3/c1-4-18-33-30(13-1)16-11-24-37(33)42-29-44(50-48(49-42)40-25-12-17-31-14-2-5-19-34(31)40)51-43-26-10-9-23-41(43)46-45-35-20-6-3-15-32(35)27-28-38(45)36-21-7-8-22-39(36)47(46)51/h1-29,44H,(H,49,50). The van der Waals surface area contributed by atoms with E-state index in [1.807, 2.05) is 0 Å². The Labute approximate surface area is 294 Å². The molecule has 0 radical (unpaired) electrons. The highest BCUT2D eigenvalue weighted by Crippen LogP contribution is 2.45. The van der Waals surface area contributed by atoms with Crippen LogP contribution in [0, 0.1) is 0 Å². The predicted octanol–water partition coefficient (Wildman–Crippen LogP) is 12.2. The third-order valence-corrected chi connectivity index (χ3v) is 10.8. The lowest BCUT2D eigenvalue weighted by molar-refractivity contribution is 0.670. The maximum absolute atomic E-state index is 5.64. The average Bonchev–Trinajstić information content (AvgIpc) is 3.55. The normalized spacial score (nSPS) is 14.9. The number of para-hydroxylation sites is 1. The summed E-state index contributed by atoms with van der Waals surface area (Å²) in [6.07, 6.45) is 2.00. The van der Waals surface area contributed by atoms with Crippen molar-refractivity contribution >= 4 is 87.2 Å². The van der Waals surface area contributed by atoms with E-state index in [2.05, 4.69) is 186 Å². The molecule has 51 heavy (non-hydrogen) atoms. The average molecular weight is 650 g/mol. The zero-order chi connectivity index (χ0) is 33.5. The van der Waals surface area contributed by atoms with Gasteiger partial charge >= 0.3 is 0 Å². The van der Waals surface area contributed by atoms with Crippen molar-refractivity contribution in [2.45, 2.75) is 6.17 Å². The Bertz CT molecular complexity index is 3020. The van der Waals surface area contributed by atoms with E-state index >= 15 is 0 Å². The van der Waals surface area contributed by atoms with Gasteiger partial charge in [-0.3, -0.25) is 0 Å². The molecule has 1 aromatic heterocycles. The summed E-state index contributed by atoms with van der Waals surface area (Å²) in [5, 5.41) is 18.7. The minimum atomic E-state index is -0.326. The summed E-state index contributed by atoms with van der Waals surface area (Å²) in [7, 11) is 0. The molecule has 2 heterocycles. The van der Waals surface area contributed by atoms with Gasteiger partial charge in [-0.25, -0.2) is 4.99 Å². The molecule has 238 valence electrons. The SMILES string of the molecule is C1=C(c2cccc3ccccc23)NC(c2cccc3ccccc23)=NC1n1c2ccccc2c2c3c4ccccc4ccc3c3ccccc3c21. The van der Waals surface area contributed by atoms with Crippen molar-refractivity contribution < 1.29 is 0 Å². The second-order valence-corrected chi connectivity index (χ2v) is 13.5. The van der Waals surface area contributed by atoms with Gasteiger partial charge in [-0.2, -0.15) is 0 Å². The van der Waals surface area contributed by atoms with Crippen LogP contribution >= 0.6 is 0 Å². The van der Waals surface area contributed by atoms with Gasteiger partial charge in [0.1, 0.15) is 12.0 Å². The fraction of sp³-hybridized carbons (Fsp3) is 0.0208. The molecule has 10 aromatic rings. The first kappa shape index (κ1) is 28.2. The topological polar surface area (TPSA) is 29.3 Å². The maximum atomic E-state index is 5.64. The van der Waals surface area contributed by atoms with Crippen molar-refractivity contribution in [2.75, 3.05) is 0 Å². The van der Waals surface area contributed by atoms with Crippen LogP contribution < -0.4 is 5.32 Å². The molecule has 1 unspecified atom stereocenters. The van der Waals surface area contributed by atoms with Gasteiger partial charge in [0.2, 0.25) is 0 Å². The minimum Gasteiger partial charge on any atom is -0.340 e. The summed E-state index contributed by atoms with van der Waals surface area (Å²) in [5.74, 6) is 0.865. The second kappa shape index (κ2) is 10.9. The van der Waals surface area contributed by atoms with E-state index in [1.54, 1.807) is 0 Å². The molecular weight excluding hydrogens is 619 g/mol. The fourth-order valence-electron chi connectivity index (χ4n) is 8.58. The van der Waals surface area contributed by atoms with Gasteiger partial charge in [-0.1, -0.05) is 164 Å². The van der Waals surface area contributed by atoms with Crippen molar-refractivity contribution in [2.24, 2.45) is 4.99 Å². The summed E-state index contributed by atoms with van der Waals surface area (Å²) in [4.78, 5) is 5.64. The highest BCUT2D eigenvalue weighted by atomic mass is 15.2. The molecule has 0 fully saturated rings. The van der Waals surface area contributed by atoms with Crippen molar-refractivity contribution in [1.82, 2.24) is 9.88 Å². The van der Waals surface area contributed by atoms with E-state index in [0.29, 0.717) is 0 Å². The fourth-order valence-corrected chi connectivity index (χ4v) is 8.58. The molecule has 0 bridgehead atoms. The van der Waals surface area contributed by atoms with Crippen LogP contribution in [0.4, 0.5) is 0 Å². The van der Waals surface area contributed by atoms with Crippen molar-refractivity contribution in [3.05, 3.63) is 187 Å². The minimum absolute atomic E-state index is 0.326. The molecule has 0 spiro atoms. The van der Waals surface area contributed by atoms with E-state index < -0.39 is 0 Å². The first-order chi connectivity index (χ1) is 25.3. The number of amidine groups is 1. The van der Waals surface area contributed by atoms with Crippen molar-refractivity contribution in [1.29, 1.82) is 0 Å². The summed E-state index contributed by atoms with van der Waals surface area (Å²) in [6, 6.07) is 61.5. The molecule has 9 aromatic carbocycles. The summed E-state index contributed by atoms with van der Waals surface area (Å²) in [6.45, 7) is 0. The van der Waals surface area contributed by atoms with Gasteiger partial charge in [0.05, 0.1) is 11.0 Å². The van der Waals surface area contributed by atoms with Crippen LogP contribution in [0.5, 0.6) is 0 Å². The number of rotatable bonds is 3. The molecule has 11 rings (SSSR count). The number of benzene rings is 9. The molecule has 1 N–H and O–H groups in total. The lowest BCUT2D eigenvalue weighted by Gasteiger charge is -2.26. The number of aliphatic imine (C=N–C) groups is 1. The van der Waals surface area contributed by atoms with Gasteiger partial charge in [-0.15, -0.1) is 0 Å². The molecule has 3 nitrogen and oxygen atoms in total. The highest BCUT2D eigenvalue weighted by Gasteiger charge is 2.26. The van der Waals surface area contributed by atoms with Crippen LogP contribution in [0.2, 0.25) is 0 Å². The van der Waals surface area contributed by atoms with Crippen LogP contribution in [-0.4, -0.2) is 10.4 Å². The van der Waals surface area contributed by atoms with Crippen molar-refractivity contribution in [3.8, 4) is 0 Å². The Morgan fingerprint density at radius 2 is 0.961 bits per heavy atom. The molecule has 1 aliphatic rings. The van der Waals surface area contributed by atoms with Gasteiger partial charge in [-0.05, 0) is 55.2 Å². The molecule has 1 atom stereocenters. The summed E-state index contributed by atoms with van der Waals surface area (Å²) in [5.41, 5.74) is 5.67. The number of nitrogens with one attached hydrogen (secondary N) is 1. The quantitative estimate of drug-likeness (QED) is 0.190. The number of nitrogens with zero attached hydrogens (tertiary/aromatic N) is 2. The molecule has 1 aliphatic heterocycles. The van der Waals surface area contributed by atoms with Crippen molar-refractivity contribution in [3.63, 3.8) is 0 Å². The van der Waals surface area contributed by atoms with Gasteiger partial charge in [0.15, 0.2) is 0 Å². The first-order valence-corrected chi connectivity index (χ1v) is 17.6. The molecule has 3 heteroatoms. The second-order valence-electron chi connectivity index (χ2n) is 13.5. The van der Waals surface area contributed by atoms with Crippen LogP contribution in [0.25, 0.3) is 81.4 Å². The van der Waals surface area contributed by atoms with Gasteiger partial charge < -0.3 is 9.88 Å². The zero-order valence-electron chi connectivity index (χ0n) is 27.7. The van der Waals surface area contributed by atoms with Crippen LogP contribution in [0.1, 0.15) is 17.3 Å². The molecule has 0 saturated heterocycles. The van der Waals surface area contributed by atoms with Crippen LogP contribution in [0.15, 0.2) is 181 Å². The first-order valence-electron chi connectivity index (χ1n) is 17.6. The smallest absolute Gasteiger partial charge is 0.149 e. The van der Waals surface area contributed by atoms with Gasteiger partial charge in [0.25, 0.3) is 0 Å². The number of fused-ring (bicyclic) bond motifs is 12. The summed E-state index contributed by atoms with van der Waals surface area (Å²) < 4.78 is 2.49. The van der Waals surface area contributed by atoms with E-state index in [-0.39, 0.29) is 6.17 Å². The largest absolute Gasteiger partial charge is 0.340 e. The van der Waals surface area contributed by atoms with Crippen LogP contribution in [0.3, 0.4) is 0 Å². The lowest BCUT2D eigenvalue weighted by atomic mass is 9.93.